The van der Waals surface area contributed by atoms with Gasteiger partial charge in [-0.25, -0.2) is 0 Å². The van der Waals surface area contributed by atoms with Crippen LogP contribution in [0.15, 0.2) is 54.4 Å². The normalized spacial score (nSPS) is 21.3. The zero-order chi connectivity index (χ0) is 16.8. The molecule has 3 aliphatic rings. The lowest BCUT2D eigenvalue weighted by atomic mass is 9.84. The second-order valence-corrected chi connectivity index (χ2v) is 7.47. The molecule has 0 amide bonds. The fraction of sp³-hybridized carbons (Fsp3) is 0.348. The van der Waals surface area contributed by atoms with Crippen LogP contribution in [0.25, 0.3) is 22.2 Å². The molecule has 26 heavy (non-hydrogen) atoms. The molecule has 1 atom stereocenters. The molecular weight excluding hydrogens is 340 g/mol. The van der Waals surface area contributed by atoms with E-state index in [1.807, 2.05) is 6.20 Å². The molecule has 3 heterocycles. The fourth-order valence-corrected chi connectivity index (χ4v) is 4.82. The quantitative estimate of drug-likeness (QED) is 0.569. The van der Waals surface area contributed by atoms with Crippen molar-refractivity contribution in [1.82, 2.24) is 9.55 Å². The third kappa shape index (κ3) is 2.59. The van der Waals surface area contributed by atoms with Crippen LogP contribution in [0.4, 0.5) is 0 Å². The van der Waals surface area contributed by atoms with Crippen LogP contribution >= 0.6 is 12.4 Å². The summed E-state index contributed by atoms with van der Waals surface area (Å²) < 4.78 is 2.57. The average molecular weight is 365 g/mol. The van der Waals surface area contributed by atoms with Crippen LogP contribution in [0.1, 0.15) is 50.3 Å². The van der Waals surface area contributed by atoms with Crippen molar-refractivity contribution in [2.75, 3.05) is 0 Å². The van der Waals surface area contributed by atoms with Crippen LogP contribution in [0.2, 0.25) is 0 Å². The average Bonchev–Trinajstić information content (AvgIpc) is 2.89. The number of pyridine rings is 1. The Kier molecular flexibility index (Phi) is 4.62. The van der Waals surface area contributed by atoms with Gasteiger partial charge in [0.15, 0.2) is 0 Å². The van der Waals surface area contributed by atoms with Gasteiger partial charge in [0.2, 0.25) is 0 Å². The molecule has 0 spiro atoms. The first-order valence-corrected chi connectivity index (χ1v) is 9.56. The first kappa shape index (κ1) is 17.4. The Hall–Kier alpha value is -2.06. The minimum absolute atomic E-state index is 0. The molecule has 1 unspecified atom stereocenters. The van der Waals surface area contributed by atoms with Crippen molar-refractivity contribution in [1.29, 1.82) is 0 Å². The molecule has 134 valence electrons. The Morgan fingerprint density at radius 3 is 3.08 bits per heavy atom. The Bertz CT molecular complexity index is 971. The molecule has 0 bridgehead atoms. The summed E-state index contributed by atoms with van der Waals surface area (Å²) in [6.45, 7) is 2.12. The number of hydrogen-bond donors (Lipinski definition) is 0. The smallest absolute Gasteiger partial charge is 0.0567 e. The number of hydrogen-bond acceptors (Lipinski definition) is 1. The van der Waals surface area contributed by atoms with Gasteiger partial charge >= 0.3 is 0 Å². The van der Waals surface area contributed by atoms with E-state index < -0.39 is 0 Å². The van der Waals surface area contributed by atoms with E-state index in [0.29, 0.717) is 0 Å². The molecule has 0 fully saturated rings. The van der Waals surface area contributed by atoms with Gasteiger partial charge in [0.1, 0.15) is 0 Å². The SMILES string of the molecule is CC=CCC1CCC2=C(C=CC3=CCCc4c3n2c2ccncc42)C1.Cl. The molecule has 3 heteroatoms. The van der Waals surface area contributed by atoms with Crippen molar-refractivity contribution < 1.29 is 0 Å². The first-order chi connectivity index (χ1) is 12.4. The summed E-state index contributed by atoms with van der Waals surface area (Å²) in [7, 11) is 0. The van der Waals surface area contributed by atoms with E-state index in [9.17, 15) is 0 Å². The van der Waals surface area contributed by atoms with Crippen molar-refractivity contribution in [3.63, 3.8) is 0 Å². The molecule has 1 aliphatic heterocycles. The van der Waals surface area contributed by atoms with Gasteiger partial charge in [-0.3, -0.25) is 4.98 Å². The van der Waals surface area contributed by atoms with E-state index in [0.717, 1.165) is 18.8 Å². The Balaban J connectivity index is 0.00000168. The number of nitrogens with zero attached hydrogens (tertiary/aromatic N) is 2. The van der Waals surface area contributed by atoms with E-state index in [1.165, 1.54) is 64.7 Å². The van der Waals surface area contributed by atoms with Gasteiger partial charge in [0, 0.05) is 23.5 Å². The van der Waals surface area contributed by atoms with E-state index >= 15 is 0 Å². The standard InChI is InChI=1S/C23H24N2.ClH/c1-2-3-5-16-8-11-21-18(14-16)10-9-17-6-4-7-19-20-15-24-13-12-22(20)25(21)23(17)19;/h2-3,6,9-10,12-13,15-16H,4-5,7-8,11,14H2,1H3;1H. The zero-order valence-electron chi connectivity index (χ0n) is 15.2. The molecule has 0 radical (unpaired) electrons. The molecule has 2 aliphatic carbocycles. The van der Waals surface area contributed by atoms with Crippen LogP contribution < -0.4 is 0 Å². The lowest BCUT2D eigenvalue weighted by Gasteiger charge is -2.27. The first-order valence-electron chi connectivity index (χ1n) is 9.56. The minimum Gasteiger partial charge on any atom is -0.312 e. The highest BCUT2D eigenvalue weighted by atomic mass is 35.5. The Morgan fingerprint density at radius 1 is 1.27 bits per heavy atom. The third-order valence-corrected chi connectivity index (χ3v) is 6.01. The summed E-state index contributed by atoms with van der Waals surface area (Å²) in [5, 5.41) is 1.35. The van der Waals surface area contributed by atoms with Crippen molar-refractivity contribution in [3.8, 4) is 0 Å². The summed E-state index contributed by atoms with van der Waals surface area (Å²) in [6, 6.07) is 2.20. The van der Waals surface area contributed by atoms with E-state index in [1.54, 1.807) is 0 Å². The van der Waals surface area contributed by atoms with Gasteiger partial charge in [-0.2, -0.15) is 0 Å². The zero-order valence-corrected chi connectivity index (χ0v) is 16.1. The number of halogens is 1. The molecule has 2 nitrogen and oxygen atoms in total. The van der Waals surface area contributed by atoms with Crippen molar-refractivity contribution in [2.45, 2.75) is 45.4 Å². The fourth-order valence-electron chi connectivity index (χ4n) is 4.82. The second-order valence-electron chi connectivity index (χ2n) is 7.47. The maximum Gasteiger partial charge on any atom is 0.0567 e. The number of rotatable bonds is 2. The highest BCUT2D eigenvalue weighted by Gasteiger charge is 2.29. The maximum atomic E-state index is 4.41. The summed E-state index contributed by atoms with van der Waals surface area (Å²) in [4.78, 5) is 4.41. The predicted octanol–water partition coefficient (Wildman–Crippen LogP) is 6.33. The number of aryl methyl sites for hydroxylation is 1. The van der Waals surface area contributed by atoms with Crippen LogP contribution in [0.3, 0.4) is 0 Å². The van der Waals surface area contributed by atoms with Crippen LogP contribution in [0.5, 0.6) is 0 Å². The lowest BCUT2D eigenvalue weighted by molar-refractivity contribution is 0.476. The lowest BCUT2D eigenvalue weighted by Crippen LogP contribution is -2.13. The van der Waals surface area contributed by atoms with E-state index in [2.05, 4.69) is 59.1 Å². The highest BCUT2D eigenvalue weighted by molar-refractivity contribution is 5.96. The molecule has 2 aromatic rings. The second kappa shape index (κ2) is 6.92. The van der Waals surface area contributed by atoms with Crippen LogP contribution in [0, 0.1) is 5.92 Å². The Morgan fingerprint density at radius 2 is 2.19 bits per heavy atom. The predicted molar refractivity (Wildman–Crippen MR) is 112 cm³/mol. The summed E-state index contributed by atoms with van der Waals surface area (Å²) in [5.41, 5.74) is 8.73. The summed E-state index contributed by atoms with van der Waals surface area (Å²) in [5.74, 6) is 0.779. The molecule has 0 saturated heterocycles. The highest BCUT2D eigenvalue weighted by Crippen LogP contribution is 2.44. The van der Waals surface area contributed by atoms with Crippen LogP contribution in [-0.2, 0) is 6.42 Å². The van der Waals surface area contributed by atoms with Crippen molar-refractivity contribution in [2.24, 2.45) is 5.92 Å². The molecule has 0 saturated carbocycles. The molecule has 0 aromatic carbocycles. The molecule has 5 rings (SSSR count). The van der Waals surface area contributed by atoms with Gasteiger partial charge in [0.05, 0.1) is 11.2 Å². The van der Waals surface area contributed by atoms with E-state index in [4.69, 9.17) is 0 Å². The molecule has 2 aromatic heterocycles. The van der Waals surface area contributed by atoms with E-state index in [-0.39, 0.29) is 12.4 Å². The monoisotopic (exact) mass is 364 g/mol. The van der Waals surface area contributed by atoms with Crippen LogP contribution in [-0.4, -0.2) is 9.55 Å². The van der Waals surface area contributed by atoms with Gasteiger partial charge in [0.25, 0.3) is 0 Å². The minimum atomic E-state index is 0. The van der Waals surface area contributed by atoms with Gasteiger partial charge in [-0.05, 0) is 74.1 Å². The maximum absolute atomic E-state index is 4.41. The van der Waals surface area contributed by atoms with Gasteiger partial charge in [-0.1, -0.05) is 30.4 Å². The third-order valence-electron chi connectivity index (χ3n) is 6.01. The summed E-state index contributed by atoms with van der Waals surface area (Å²) >= 11 is 0. The molecule has 0 N–H and O–H groups in total. The van der Waals surface area contributed by atoms with Gasteiger partial charge < -0.3 is 4.57 Å². The summed E-state index contributed by atoms with van der Waals surface area (Å²) in [6.07, 6.45) is 22.8. The Labute approximate surface area is 161 Å². The number of allylic oxidation sites excluding steroid dienone is 8. The number of aromatic nitrogens is 2. The molecular formula is C23H25ClN2. The largest absolute Gasteiger partial charge is 0.312 e. The topological polar surface area (TPSA) is 17.8 Å². The van der Waals surface area contributed by atoms with Crippen molar-refractivity contribution >= 4 is 34.6 Å². The van der Waals surface area contributed by atoms with Gasteiger partial charge in [-0.15, -0.1) is 12.4 Å². The number of fused-ring (bicyclic) bond motifs is 4. The van der Waals surface area contributed by atoms with Crippen molar-refractivity contribution in [3.05, 3.63) is 65.7 Å².